The lowest BCUT2D eigenvalue weighted by Crippen LogP contribution is -2.44. The van der Waals surface area contributed by atoms with Gasteiger partial charge in [0.25, 0.3) is 0 Å². The summed E-state index contributed by atoms with van der Waals surface area (Å²) >= 11 is 0. The van der Waals surface area contributed by atoms with E-state index in [1.807, 2.05) is 13.8 Å². The molecule has 1 aromatic rings. The van der Waals surface area contributed by atoms with Crippen molar-refractivity contribution in [2.75, 3.05) is 13.2 Å². The van der Waals surface area contributed by atoms with E-state index in [1.54, 1.807) is 30.0 Å². The zero-order chi connectivity index (χ0) is 19.9. The molecule has 1 unspecified atom stereocenters. The van der Waals surface area contributed by atoms with E-state index >= 15 is 0 Å². The van der Waals surface area contributed by atoms with Crippen molar-refractivity contribution < 1.29 is 28.6 Å². The molecule has 1 rings (SSSR count). The number of ether oxygens (including phenoxy) is 3. The van der Waals surface area contributed by atoms with Gasteiger partial charge in [0.05, 0.1) is 6.54 Å². The Kier molecular flexibility index (Phi) is 8.09. The summed E-state index contributed by atoms with van der Waals surface area (Å²) in [5, 5.41) is 0. The number of carbonyl (C=O) groups is 3. The van der Waals surface area contributed by atoms with E-state index in [4.69, 9.17) is 14.2 Å². The maximum absolute atomic E-state index is 11.8. The quantitative estimate of drug-likeness (QED) is 0.520. The lowest BCUT2D eigenvalue weighted by molar-refractivity contribution is -0.151. The summed E-state index contributed by atoms with van der Waals surface area (Å²) in [6.45, 7) is 10.1. The third kappa shape index (κ3) is 7.13. The molecule has 0 aliphatic rings. The Balaban J connectivity index is 2.80. The topological polar surface area (TPSA) is 82.1 Å². The van der Waals surface area contributed by atoms with Gasteiger partial charge in [-0.3, -0.25) is 14.4 Å². The Hall–Kier alpha value is -2.57. The van der Waals surface area contributed by atoms with Gasteiger partial charge >= 0.3 is 11.9 Å². The number of esters is 2. The van der Waals surface area contributed by atoms with E-state index in [-0.39, 0.29) is 25.1 Å². The minimum atomic E-state index is -0.591. The van der Waals surface area contributed by atoms with Crippen LogP contribution in [0.1, 0.15) is 40.2 Å². The van der Waals surface area contributed by atoms with Crippen LogP contribution < -0.4 is 9.47 Å². The Morgan fingerprint density at radius 1 is 1.08 bits per heavy atom. The molecule has 1 aromatic carbocycles. The average Bonchev–Trinajstić information content (AvgIpc) is 2.50. The van der Waals surface area contributed by atoms with Crippen LogP contribution in [0, 0.1) is 6.92 Å². The van der Waals surface area contributed by atoms with E-state index in [0.717, 1.165) is 5.56 Å². The highest BCUT2D eigenvalue weighted by Crippen LogP contribution is 2.24. The largest absolute Gasteiger partial charge is 0.490 e. The van der Waals surface area contributed by atoms with Gasteiger partial charge in [-0.25, -0.2) is 0 Å². The normalized spacial score (nSPS) is 11.7. The first-order valence-electron chi connectivity index (χ1n) is 8.46. The fourth-order valence-corrected chi connectivity index (χ4v) is 2.45. The zero-order valence-corrected chi connectivity index (χ0v) is 16.2. The zero-order valence-electron chi connectivity index (χ0n) is 16.2. The first-order valence-corrected chi connectivity index (χ1v) is 8.46. The lowest BCUT2D eigenvalue weighted by atomic mass is 10.2. The number of aryl methyl sites for hydroxylation is 1. The average molecular weight is 365 g/mol. The second kappa shape index (κ2) is 9.79. The fraction of sp³-hybridized carbons (Fsp3) is 0.526. The molecule has 0 aliphatic carbocycles. The van der Waals surface area contributed by atoms with Gasteiger partial charge in [-0.1, -0.05) is 0 Å². The number of carbonyl (C=O) groups excluding carboxylic acids is 3. The minimum Gasteiger partial charge on any atom is -0.490 e. The van der Waals surface area contributed by atoms with Crippen LogP contribution in [0.3, 0.4) is 0 Å². The maximum Gasteiger partial charge on any atom is 0.308 e. The minimum absolute atomic E-state index is 0.0178. The third-order valence-corrected chi connectivity index (χ3v) is 3.60. The second-order valence-electron chi connectivity index (χ2n) is 6.33. The van der Waals surface area contributed by atoms with Crippen molar-refractivity contribution in [2.24, 2.45) is 0 Å². The predicted molar refractivity (Wildman–Crippen MR) is 96.1 cm³/mol. The Morgan fingerprint density at radius 3 is 2.19 bits per heavy atom. The molecular formula is C19H27NO6. The monoisotopic (exact) mass is 365 g/mol. The van der Waals surface area contributed by atoms with Gasteiger partial charge in [0.15, 0.2) is 6.10 Å². The summed E-state index contributed by atoms with van der Waals surface area (Å²) in [6, 6.07) is 5.02. The van der Waals surface area contributed by atoms with Crippen molar-refractivity contribution in [1.29, 1.82) is 0 Å². The summed E-state index contributed by atoms with van der Waals surface area (Å²) in [6.07, 6.45) is -0.591. The van der Waals surface area contributed by atoms with Gasteiger partial charge in [0, 0.05) is 26.8 Å². The summed E-state index contributed by atoms with van der Waals surface area (Å²) in [5.41, 5.74) is 0.745. The molecule has 0 aromatic heterocycles. The van der Waals surface area contributed by atoms with Gasteiger partial charge < -0.3 is 19.1 Å². The van der Waals surface area contributed by atoms with Crippen molar-refractivity contribution in [1.82, 2.24) is 4.90 Å². The second-order valence-corrected chi connectivity index (χ2v) is 6.33. The number of hydrogen-bond acceptors (Lipinski definition) is 6. The molecule has 7 heteroatoms. The van der Waals surface area contributed by atoms with Crippen LogP contribution >= 0.6 is 0 Å². The van der Waals surface area contributed by atoms with Gasteiger partial charge in [-0.05, 0) is 44.5 Å². The molecule has 144 valence electrons. The molecule has 7 nitrogen and oxygen atoms in total. The van der Waals surface area contributed by atoms with Crippen molar-refractivity contribution >= 4 is 17.8 Å². The molecule has 1 atom stereocenters. The Morgan fingerprint density at radius 2 is 1.73 bits per heavy atom. The number of amides is 1. The van der Waals surface area contributed by atoms with Crippen LogP contribution in [-0.2, 0) is 19.1 Å². The molecule has 26 heavy (non-hydrogen) atoms. The van der Waals surface area contributed by atoms with Crippen molar-refractivity contribution in [2.45, 2.75) is 53.7 Å². The van der Waals surface area contributed by atoms with Gasteiger partial charge in [-0.15, -0.1) is 0 Å². The third-order valence-electron chi connectivity index (χ3n) is 3.60. The van der Waals surface area contributed by atoms with Crippen LogP contribution in [0.25, 0.3) is 0 Å². The molecule has 0 spiro atoms. The molecule has 0 saturated carbocycles. The van der Waals surface area contributed by atoms with E-state index < -0.39 is 18.0 Å². The van der Waals surface area contributed by atoms with Crippen LogP contribution in [0.4, 0.5) is 0 Å². The molecule has 0 heterocycles. The molecule has 0 saturated heterocycles. The summed E-state index contributed by atoms with van der Waals surface area (Å²) < 4.78 is 16.1. The van der Waals surface area contributed by atoms with E-state index in [2.05, 4.69) is 0 Å². The van der Waals surface area contributed by atoms with Gasteiger partial charge in [0.2, 0.25) is 5.91 Å². The smallest absolute Gasteiger partial charge is 0.308 e. The van der Waals surface area contributed by atoms with Gasteiger partial charge in [0.1, 0.15) is 18.1 Å². The first kappa shape index (κ1) is 21.5. The Bertz CT molecular complexity index is 655. The van der Waals surface area contributed by atoms with E-state index in [1.165, 1.54) is 20.8 Å². The molecule has 0 radical (unpaired) electrons. The van der Waals surface area contributed by atoms with Crippen molar-refractivity contribution in [3.8, 4) is 11.5 Å². The van der Waals surface area contributed by atoms with Crippen LogP contribution in [0.15, 0.2) is 18.2 Å². The van der Waals surface area contributed by atoms with E-state index in [9.17, 15) is 14.4 Å². The van der Waals surface area contributed by atoms with Crippen molar-refractivity contribution in [3.05, 3.63) is 23.8 Å². The number of rotatable bonds is 8. The molecule has 0 aliphatic heterocycles. The highest BCUT2D eigenvalue weighted by Gasteiger charge is 2.22. The van der Waals surface area contributed by atoms with Crippen molar-refractivity contribution in [3.63, 3.8) is 0 Å². The van der Waals surface area contributed by atoms with Gasteiger partial charge in [-0.2, -0.15) is 0 Å². The van der Waals surface area contributed by atoms with Crippen LogP contribution in [0.5, 0.6) is 11.5 Å². The molecule has 0 fully saturated rings. The molecule has 1 amide bonds. The first-order chi connectivity index (χ1) is 12.1. The molecule has 0 bridgehead atoms. The standard InChI is InChI=1S/C19H27NO6/c1-12(2)20(14(4)21)10-18(25-15(5)22)11-24-17-7-8-19(13(3)9-17)26-16(6)23/h7-9,12,18H,10-11H2,1-6H3. The Labute approximate surface area is 154 Å². The van der Waals surface area contributed by atoms with Crippen LogP contribution in [0.2, 0.25) is 0 Å². The summed E-state index contributed by atoms with van der Waals surface area (Å²) in [4.78, 5) is 35.8. The number of benzene rings is 1. The van der Waals surface area contributed by atoms with E-state index in [0.29, 0.717) is 11.5 Å². The summed E-state index contributed by atoms with van der Waals surface area (Å²) in [5.74, 6) is 0.0825. The lowest BCUT2D eigenvalue weighted by Gasteiger charge is -2.29. The highest BCUT2D eigenvalue weighted by atomic mass is 16.6. The number of hydrogen-bond donors (Lipinski definition) is 0. The maximum atomic E-state index is 11.8. The molecular weight excluding hydrogens is 338 g/mol. The fourth-order valence-electron chi connectivity index (χ4n) is 2.45. The summed E-state index contributed by atoms with van der Waals surface area (Å²) in [7, 11) is 0. The predicted octanol–water partition coefficient (Wildman–Crippen LogP) is 2.49. The molecule has 0 N–H and O–H groups in total. The SMILES string of the molecule is CC(=O)Oc1ccc(OCC(CN(C(C)=O)C(C)C)OC(C)=O)cc1C. The highest BCUT2D eigenvalue weighted by molar-refractivity contribution is 5.73. The number of nitrogens with zero attached hydrogens (tertiary/aromatic N) is 1. The van der Waals surface area contributed by atoms with Crippen LogP contribution in [-0.4, -0.2) is 48.0 Å².